The summed E-state index contributed by atoms with van der Waals surface area (Å²) >= 11 is 5.82. The average molecular weight is 398 g/mol. The highest BCUT2D eigenvalue weighted by Gasteiger charge is 2.63. The van der Waals surface area contributed by atoms with Crippen LogP contribution in [0.5, 0.6) is 0 Å². The lowest BCUT2D eigenvalue weighted by atomic mass is 10.0. The molecule has 0 bridgehead atoms. The lowest BCUT2D eigenvalue weighted by Crippen LogP contribution is -2.55. The van der Waals surface area contributed by atoms with Crippen LogP contribution in [-0.2, 0) is 0 Å². The van der Waals surface area contributed by atoms with Crippen LogP contribution in [0.2, 0.25) is 5.02 Å². The van der Waals surface area contributed by atoms with Gasteiger partial charge in [0.05, 0.1) is 12.1 Å². The van der Waals surface area contributed by atoms with Gasteiger partial charge in [-0.15, -0.1) is 0 Å². The summed E-state index contributed by atoms with van der Waals surface area (Å²) in [5.74, 6) is -0.503. The van der Waals surface area contributed by atoms with Crippen molar-refractivity contribution in [1.29, 1.82) is 0 Å². The molecule has 27 heavy (non-hydrogen) atoms. The van der Waals surface area contributed by atoms with Crippen LogP contribution >= 0.6 is 11.6 Å². The summed E-state index contributed by atoms with van der Waals surface area (Å²) < 4.78 is 42.3. The third kappa shape index (κ3) is 2.75. The second-order valence-corrected chi connectivity index (χ2v) is 6.30. The van der Waals surface area contributed by atoms with Gasteiger partial charge >= 0.3 is 6.18 Å². The van der Waals surface area contributed by atoms with Crippen LogP contribution in [0.3, 0.4) is 0 Å². The lowest BCUT2D eigenvalue weighted by molar-refractivity contribution is -0.254. The summed E-state index contributed by atoms with van der Waals surface area (Å²) in [4.78, 5) is 7.77. The van der Waals surface area contributed by atoms with E-state index in [1.54, 1.807) is 0 Å². The van der Waals surface area contributed by atoms with Crippen LogP contribution in [0.25, 0.3) is 5.65 Å². The molecule has 2 aromatic heterocycles. The van der Waals surface area contributed by atoms with Gasteiger partial charge < -0.3 is 10.8 Å². The highest BCUT2D eigenvalue weighted by molar-refractivity contribution is 6.30. The van der Waals surface area contributed by atoms with Gasteiger partial charge in [-0.05, 0) is 17.7 Å². The van der Waals surface area contributed by atoms with Gasteiger partial charge in [-0.1, -0.05) is 23.7 Å². The number of hydrogen-bond donors (Lipinski definition) is 2. The van der Waals surface area contributed by atoms with E-state index in [-0.39, 0.29) is 17.2 Å². The van der Waals surface area contributed by atoms with Crippen molar-refractivity contribution in [3.05, 3.63) is 47.2 Å². The number of halogens is 4. The van der Waals surface area contributed by atoms with Gasteiger partial charge in [-0.25, -0.2) is 4.98 Å². The predicted octanol–water partition coefficient (Wildman–Crippen LogP) is 2.23. The zero-order chi connectivity index (χ0) is 19.4. The van der Waals surface area contributed by atoms with Crippen molar-refractivity contribution in [2.45, 2.75) is 18.3 Å². The molecule has 0 unspecified atom stereocenters. The second kappa shape index (κ2) is 5.79. The molecule has 3 aromatic rings. The van der Waals surface area contributed by atoms with E-state index in [0.717, 1.165) is 10.8 Å². The van der Waals surface area contributed by atoms with E-state index in [2.05, 4.69) is 20.2 Å². The number of hydrogen-bond acceptors (Lipinski definition) is 7. The first-order chi connectivity index (χ1) is 12.7. The van der Waals surface area contributed by atoms with Gasteiger partial charge in [0.15, 0.2) is 5.65 Å². The van der Waals surface area contributed by atoms with Crippen LogP contribution in [0.1, 0.15) is 12.0 Å². The molecule has 0 fully saturated rings. The van der Waals surface area contributed by atoms with Crippen LogP contribution in [0, 0.1) is 0 Å². The van der Waals surface area contributed by atoms with Crippen LogP contribution in [0.4, 0.5) is 24.9 Å². The van der Waals surface area contributed by atoms with E-state index in [1.807, 2.05) is 0 Å². The average Bonchev–Trinajstić information content (AvgIpc) is 3.19. The molecule has 0 saturated carbocycles. The monoisotopic (exact) mass is 397 g/mol. The minimum absolute atomic E-state index is 0.00369. The largest absolute Gasteiger partial charge is 0.438 e. The molecule has 4 rings (SSSR count). The van der Waals surface area contributed by atoms with Gasteiger partial charge in [0.1, 0.15) is 12.1 Å². The first-order valence-corrected chi connectivity index (χ1v) is 7.96. The molecule has 1 aliphatic heterocycles. The molecule has 3 N–H and O–H groups in total. The summed E-state index contributed by atoms with van der Waals surface area (Å²) in [7, 11) is 0. The number of fused-ring (bicyclic) bond motifs is 1. The highest BCUT2D eigenvalue weighted by atomic mass is 35.5. The van der Waals surface area contributed by atoms with Crippen LogP contribution < -0.4 is 10.7 Å². The molecule has 0 radical (unpaired) electrons. The Balaban J connectivity index is 1.90. The molecule has 1 aromatic carbocycles. The molecular formula is C15H11ClF3N7O. The molecule has 0 amide bonds. The number of nitrogens with two attached hydrogens (primary N) is 1. The zero-order valence-corrected chi connectivity index (χ0v) is 14.1. The lowest BCUT2D eigenvalue weighted by Gasteiger charge is -2.33. The number of hydrazone groups is 1. The second-order valence-electron chi connectivity index (χ2n) is 5.87. The number of aliphatic hydroxyl groups is 1. The summed E-state index contributed by atoms with van der Waals surface area (Å²) in [5, 5.41) is 19.1. The fourth-order valence-electron chi connectivity index (χ4n) is 2.75. The summed E-state index contributed by atoms with van der Waals surface area (Å²) in [6.07, 6.45) is -4.72. The van der Waals surface area contributed by atoms with E-state index in [9.17, 15) is 18.3 Å². The number of benzene rings is 1. The van der Waals surface area contributed by atoms with Gasteiger partial charge in [0.25, 0.3) is 11.7 Å². The quantitative estimate of drug-likeness (QED) is 0.687. The fraction of sp³-hybridized carbons (Fsp3) is 0.200. The molecule has 3 heterocycles. The minimum Gasteiger partial charge on any atom is -0.383 e. The Morgan fingerprint density at radius 1 is 1.22 bits per heavy atom. The molecule has 8 nitrogen and oxygen atoms in total. The highest BCUT2D eigenvalue weighted by Crippen LogP contribution is 2.43. The number of anilines is 2. The Kier molecular flexibility index (Phi) is 3.75. The van der Waals surface area contributed by atoms with Crippen LogP contribution in [-0.4, -0.2) is 42.3 Å². The minimum atomic E-state index is -5.04. The number of nitrogens with zero attached hydrogens (tertiary/aromatic N) is 6. The van der Waals surface area contributed by atoms with Gasteiger partial charge in [-0.3, -0.25) is 0 Å². The molecule has 140 valence electrons. The molecular weight excluding hydrogens is 387 g/mol. The number of aromatic nitrogens is 4. The van der Waals surface area contributed by atoms with Gasteiger partial charge in [0, 0.05) is 11.1 Å². The summed E-state index contributed by atoms with van der Waals surface area (Å²) in [6, 6.07) is 7.40. The first-order valence-electron chi connectivity index (χ1n) is 7.58. The van der Waals surface area contributed by atoms with Crippen molar-refractivity contribution in [2.75, 3.05) is 10.7 Å². The smallest absolute Gasteiger partial charge is 0.383 e. The number of rotatable bonds is 2. The Morgan fingerprint density at radius 3 is 2.59 bits per heavy atom. The first kappa shape index (κ1) is 17.5. The maximum Gasteiger partial charge on any atom is 0.438 e. The topological polar surface area (TPSA) is 105 Å². The predicted molar refractivity (Wildman–Crippen MR) is 91.3 cm³/mol. The molecule has 1 atom stereocenters. The van der Waals surface area contributed by atoms with Crippen molar-refractivity contribution < 1.29 is 18.3 Å². The van der Waals surface area contributed by atoms with E-state index >= 15 is 0 Å². The molecule has 0 saturated heterocycles. The Morgan fingerprint density at radius 2 is 1.93 bits per heavy atom. The summed E-state index contributed by atoms with van der Waals surface area (Å²) in [6.45, 7) is 0. The maximum absolute atomic E-state index is 13.8. The van der Waals surface area contributed by atoms with Crippen molar-refractivity contribution in [3.63, 3.8) is 0 Å². The Hall–Kier alpha value is -2.92. The molecule has 1 aliphatic rings. The Bertz CT molecular complexity index is 1050. The fourth-order valence-corrected chi connectivity index (χ4v) is 2.87. The molecule has 0 spiro atoms. The SMILES string of the molecule is Nc1cc2ncnn2c(N2N=C(c3ccc(Cl)cc3)C[C@]2(O)C(F)(F)F)n1. The van der Waals surface area contributed by atoms with Crippen molar-refractivity contribution in [2.24, 2.45) is 5.10 Å². The zero-order valence-electron chi connectivity index (χ0n) is 13.4. The molecule has 12 heteroatoms. The normalized spacial score (nSPS) is 20.3. The number of alkyl halides is 3. The third-order valence-corrected chi connectivity index (χ3v) is 4.33. The maximum atomic E-state index is 13.8. The summed E-state index contributed by atoms with van der Waals surface area (Å²) in [5.41, 5.74) is 2.88. The van der Waals surface area contributed by atoms with E-state index in [0.29, 0.717) is 15.6 Å². The van der Waals surface area contributed by atoms with Crippen molar-refractivity contribution in [3.8, 4) is 0 Å². The van der Waals surface area contributed by atoms with Gasteiger partial charge in [0.2, 0.25) is 0 Å². The standard InChI is InChI=1S/C15H11ClF3N7O/c16-9-3-1-8(2-4-9)10-6-14(27,15(17,18)19)26(24-10)13-23-11(20)5-12-21-7-22-25(12)13/h1-5,7,27H,6,20H2/t14-/m0/s1. The van der Waals surface area contributed by atoms with E-state index < -0.39 is 24.3 Å². The van der Waals surface area contributed by atoms with Crippen molar-refractivity contribution in [1.82, 2.24) is 19.6 Å². The van der Waals surface area contributed by atoms with E-state index in [1.165, 1.54) is 30.3 Å². The van der Waals surface area contributed by atoms with Gasteiger partial charge in [-0.2, -0.15) is 37.9 Å². The van der Waals surface area contributed by atoms with E-state index in [4.69, 9.17) is 17.3 Å². The van der Waals surface area contributed by atoms with Crippen molar-refractivity contribution >= 4 is 34.7 Å². The Labute approximate surface area is 154 Å². The number of nitrogen functional groups attached to an aromatic ring is 1. The molecule has 0 aliphatic carbocycles. The van der Waals surface area contributed by atoms with Crippen LogP contribution in [0.15, 0.2) is 41.8 Å². The third-order valence-electron chi connectivity index (χ3n) is 4.08.